The number of nitrogens with two attached hydrogens (primary N) is 1. The van der Waals surface area contributed by atoms with Crippen molar-refractivity contribution in [2.24, 2.45) is 7.05 Å². The molecule has 102 valence electrons. The summed E-state index contributed by atoms with van der Waals surface area (Å²) in [4.78, 5) is 12.1. The number of methoxy groups -OCH3 is 1. The van der Waals surface area contributed by atoms with E-state index in [1.807, 2.05) is 6.07 Å². The molecule has 1 aromatic heterocycles. The van der Waals surface area contributed by atoms with Gasteiger partial charge in [0.05, 0.1) is 30.1 Å². The summed E-state index contributed by atoms with van der Waals surface area (Å²) in [6, 6.07) is 6.71. The first-order valence-electron chi connectivity index (χ1n) is 5.73. The number of nitrogens with zero attached hydrogens (tertiary/aromatic N) is 3. The molecule has 0 aliphatic carbocycles. The number of benzene rings is 1. The van der Waals surface area contributed by atoms with E-state index in [1.165, 1.54) is 17.9 Å². The van der Waals surface area contributed by atoms with Crippen LogP contribution >= 0.6 is 0 Å². The monoisotopic (exact) mass is 271 g/mol. The first-order valence-corrected chi connectivity index (χ1v) is 5.73. The molecule has 1 aromatic carbocycles. The SMILES string of the molecule is COc1cc(C#N)ccc1NC(=O)c1nn(C)cc1N. The van der Waals surface area contributed by atoms with Crippen molar-refractivity contribution in [1.29, 1.82) is 5.26 Å². The highest BCUT2D eigenvalue weighted by atomic mass is 16.5. The Labute approximate surface area is 115 Å². The summed E-state index contributed by atoms with van der Waals surface area (Å²) in [5.74, 6) is -0.0435. The maximum Gasteiger partial charge on any atom is 0.278 e. The Bertz CT molecular complexity index is 699. The molecule has 0 bridgehead atoms. The molecule has 0 fully saturated rings. The van der Waals surface area contributed by atoms with Gasteiger partial charge in [0.15, 0.2) is 5.69 Å². The number of hydrogen-bond acceptors (Lipinski definition) is 5. The van der Waals surface area contributed by atoms with Crippen LogP contribution in [0.4, 0.5) is 11.4 Å². The molecule has 2 aromatic rings. The van der Waals surface area contributed by atoms with Crippen LogP contribution in [-0.4, -0.2) is 22.8 Å². The van der Waals surface area contributed by atoms with Gasteiger partial charge in [-0.05, 0) is 12.1 Å². The number of nitriles is 1. The van der Waals surface area contributed by atoms with Crippen LogP contribution in [0.3, 0.4) is 0 Å². The largest absolute Gasteiger partial charge is 0.495 e. The third-order valence-electron chi connectivity index (χ3n) is 2.65. The smallest absolute Gasteiger partial charge is 0.278 e. The Hall–Kier alpha value is -3.01. The summed E-state index contributed by atoms with van der Waals surface area (Å²) < 4.78 is 6.60. The summed E-state index contributed by atoms with van der Waals surface area (Å²) >= 11 is 0. The summed E-state index contributed by atoms with van der Waals surface area (Å²) in [5, 5.41) is 15.5. The molecule has 0 saturated carbocycles. The summed E-state index contributed by atoms with van der Waals surface area (Å²) in [5.41, 5.74) is 7.01. The van der Waals surface area contributed by atoms with E-state index < -0.39 is 5.91 Å². The Morgan fingerprint density at radius 1 is 1.55 bits per heavy atom. The van der Waals surface area contributed by atoms with Crippen LogP contribution in [0.1, 0.15) is 16.1 Å². The first-order chi connectivity index (χ1) is 9.55. The van der Waals surface area contributed by atoms with Crippen molar-refractivity contribution in [3.05, 3.63) is 35.7 Å². The number of anilines is 2. The molecule has 0 unspecified atom stereocenters. The predicted molar refractivity (Wildman–Crippen MR) is 73.3 cm³/mol. The minimum absolute atomic E-state index is 0.138. The number of aromatic nitrogens is 2. The van der Waals surface area contributed by atoms with Crippen molar-refractivity contribution in [3.63, 3.8) is 0 Å². The molecular weight excluding hydrogens is 258 g/mol. The van der Waals surface area contributed by atoms with Crippen LogP contribution in [0.25, 0.3) is 0 Å². The zero-order valence-corrected chi connectivity index (χ0v) is 11.0. The lowest BCUT2D eigenvalue weighted by molar-refractivity contribution is 0.102. The third kappa shape index (κ3) is 2.54. The van der Waals surface area contributed by atoms with Crippen molar-refractivity contribution in [3.8, 4) is 11.8 Å². The summed E-state index contributed by atoms with van der Waals surface area (Å²) in [6.45, 7) is 0. The van der Waals surface area contributed by atoms with Crippen molar-refractivity contribution >= 4 is 17.3 Å². The van der Waals surface area contributed by atoms with E-state index in [1.54, 1.807) is 25.4 Å². The number of ether oxygens (including phenoxy) is 1. The van der Waals surface area contributed by atoms with Crippen molar-refractivity contribution < 1.29 is 9.53 Å². The number of hydrogen-bond donors (Lipinski definition) is 2. The molecule has 1 heterocycles. The zero-order chi connectivity index (χ0) is 14.7. The van der Waals surface area contributed by atoms with Gasteiger partial charge in [0, 0.05) is 19.3 Å². The van der Waals surface area contributed by atoms with Gasteiger partial charge in [0.1, 0.15) is 5.75 Å². The average Bonchev–Trinajstić information content (AvgIpc) is 2.78. The molecule has 2 rings (SSSR count). The molecule has 0 aliphatic heterocycles. The number of amides is 1. The van der Waals surface area contributed by atoms with Crippen LogP contribution in [0, 0.1) is 11.3 Å². The number of nitrogen functional groups attached to an aromatic ring is 1. The topological polar surface area (TPSA) is 106 Å². The first kappa shape index (κ1) is 13.4. The van der Waals surface area contributed by atoms with Gasteiger partial charge in [-0.25, -0.2) is 0 Å². The van der Waals surface area contributed by atoms with E-state index in [0.29, 0.717) is 17.0 Å². The number of aryl methyl sites for hydroxylation is 1. The Balaban J connectivity index is 2.28. The molecule has 1 amide bonds. The third-order valence-corrected chi connectivity index (χ3v) is 2.65. The van der Waals surface area contributed by atoms with Crippen LogP contribution in [-0.2, 0) is 7.05 Å². The number of carbonyl (C=O) groups is 1. The fraction of sp³-hybridized carbons (Fsp3) is 0.154. The zero-order valence-electron chi connectivity index (χ0n) is 11.0. The molecule has 7 heteroatoms. The summed E-state index contributed by atoms with van der Waals surface area (Å²) in [6.07, 6.45) is 1.55. The van der Waals surface area contributed by atoms with Crippen LogP contribution in [0.15, 0.2) is 24.4 Å². The average molecular weight is 271 g/mol. The van der Waals surface area contributed by atoms with Crippen molar-refractivity contribution in [2.45, 2.75) is 0 Å². The predicted octanol–water partition coefficient (Wildman–Crippen LogP) is 1.13. The number of nitrogens with one attached hydrogen (secondary N) is 1. The van der Waals surface area contributed by atoms with E-state index in [4.69, 9.17) is 15.7 Å². The number of carbonyl (C=O) groups excluding carboxylic acids is 1. The summed E-state index contributed by atoms with van der Waals surface area (Å²) in [7, 11) is 3.14. The molecule has 0 atom stereocenters. The van der Waals surface area contributed by atoms with Gasteiger partial charge in [0.2, 0.25) is 0 Å². The molecule has 0 aliphatic rings. The number of rotatable bonds is 3. The van der Waals surface area contributed by atoms with E-state index in [0.717, 1.165) is 0 Å². The van der Waals surface area contributed by atoms with Gasteiger partial charge in [0.25, 0.3) is 5.91 Å². The van der Waals surface area contributed by atoms with E-state index in [2.05, 4.69) is 10.4 Å². The second kappa shape index (κ2) is 5.32. The van der Waals surface area contributed by atoms with Crippen LogP contribution in [0.5, 0.6) is 5.75 Å². The second-order valence-corrected chi connectivity index (χ2v) is 4.09. The van der Waals surface area contributed by atoms with Gasteiger partial charge in [-0.1, -0.05) is 0 Å². The minimum atomic E-state index is -0.439. The normalized spacial score (nSPS) is 9.85. The quantitative estimate of drug-likeness (QED) is 0.870. The maximum atomic E-state index is 12.1. The Kier molecular flexibility index (Phi) is 3.57. The minimum Gasteiger partial charge on any atom is -0.495 e. The molecular formula is C13H13N5O2. The second-order valence-electron chi connectivity index (χ2n) is 4.09. The van der Waals surface area contributed by atoms with Crippen LogP contribution < -0.4 is 15.8 Å². The lowest BCUT2D eigenvalue weighted by Crippen LogP contribution is -2.15. The lowest BCUT2D eigenvalue weighted by atomic mass is 10.2. The molecule has 0 saturated heterocycles. The molecule has 0 radical (unpaired) electrons. The highest BCUT2D eigenvalue weighted by Gasteiger charge is 2.16. The molecule has 7 nitrogen and oxygen atoms in total. The van der Waals surface area contributed by atoms with E-state index >= 15 is 0 Å². The highest BCUT2D eigenvalue weighted by molar-refractivity contribution is 6.06. The standard InChI is InChI=1S/C13H13N5O2/c1-18-7-9(15)12(17-18)13(19)16-10-4-3-8(6-14)5-11(10)20-2/h3-5,7H,15H2,1-2H3,(H,16,19). The van der Waals surface area contributed by atoms with Gasteiger partial charge >= 0.3 is 0 Å². The van der Waals surface area contributed by atoms with E-state index in [9.17, 15) is 4.79 Å². The van der Waals surface area contributed by atoms with Crippen LogP contribution in [0.2, 0.25) is 0 Å². The van der Waals surface area contributed by atoms with Crippen molar-refractivity contribution in [1.82, 2.24) is 9.78 Å². The van der Waals surface area contributed by atoms with Crippen molar-refractivity contribution in [2.75, 3.05) is 18.2 Å². The Morgan fingerprint density at radius 2 is 2.30 bits per heavy atom. The van der Waals surface area contributed by atoms with Gasteiger partial charge in [-0.2, -0.15) is 10.4 Å². The highest BCUT2D eigenvalue weighted by Crippen LogP contribution is 2.26. The lowest BCUT2D eigenvalue weighted by Gasteiger charge is -2.09. The fourth-order valence-corrected chi connectivity index (χ4v) is 1.73. The van der Waals surface area contributed by atoms with Gasteiger partial charge in [-0.15, -0.1) is 0 Å². The fourth-order valence-electron chi connectivity index (χ4n) is 1.73. The van der Waals surface area contributed by atoms with E-state index in [-0.39, 0.29) is 11.4 Å². The molecule has 0 spiro atoms. The Morgan fingerprint density at radius 3 is 2.85 bits per heavy atom. The van der Waals surface area contributed by atoms with Gasteiger partial charge < -0.3 is 15.8 Å². The molecule has 20 heavy (non-hydrogen) atoms. The van der Waals surface area contributed by atoms with Gasteiger partial charge in [-0.3, -0.25) is 9.48 Å². The maximum absolute atomic E-state index is 12.1. The molecule has 3 N–H and O–H groups in total.